The summed E-state index contributed by atoms with van der Waals surface area (Å²) < 4.78 is 50.7. The Bertz CT molecular complexity index is 728. The van der Waals surface area contributed by atoms with Crippen LogP contribution in [0.15, 0.2) is 23.6 Å². The third-order valence-corrected chi connectivity index (χ3v) is 4.11. The van der Waals surface area contributed by atoms with Gasteiger partial charge in [0.15, 0.2) is 0 Å². The van der Waals surface area contributed by atoms with E-state index in [1.54, 1.807) is 13.2 Å². The van der Waals surface area contributed by atoms with Gasteiger partial charge >= 0.3 is 0 Å². The molecule has 0 aromatic carbocycles. The second kappa shape index (κ2) is 5.23. The maximum atomic E-state index is 12.8. The molecule has 0 fully saturated rings. The predicted octanol–water partition coefficient (Wildman–Crippen LogP) is 1.61. The molecule has 0 amide bonds. The molecule has 0 unspecified atom stereocenters. The highest BCUT2D eigenvalue weighted by molar-refractivity contribution is 7.91. The van der Waals surface area contributed by atoms with Crippen molar-refractivity contribution in [1.29, 1.82) is 0 Å². The van der Waals surface area contributed by atoms with Crippen LogP contribution >= 0.6 is 0 Å². The van der Waals surface area contributed by atoms with Crippen molar-refractivity contribution in [3.63, 3.8) is 0 Å². The van der Waals surface area contributed by atoms with Gasteiger partial charge in [-0.2, -0.15) is 5.10 Å². The lowest BCUT2D eigenvalue weighted by Gasteiger charge is -2.06. The average molecular weight is 302 g/mol. The van der Waals surface area contributed by atoms with Crippen LogP contribution in [0.4, 0.5) is 8.78 Å². The molecule has 6 nitrogen and oxygen atoms in total. The second-order valence-electron chi connectivity index (χ2n) is 4.07. The van der Waals surface area contributed by atoms with Crippen molar-refractivity contribution in [1.82, 2.24) is 19.7 Å². The number of aromatic nitrogens is 4. The lowest BCUT2D eigenvalue weighted by atomic mass is 10.2. The highest BCUT2D eigenvalue weighted by Crippen LogP contribution is 2.24. The van der Waals surface area contributed by atoms with Crippen molar-refractivity contribution >= 4 is 9.84 Å². The average Bonchev–Trinajstić information content (AvgIpc) is 2.85. The third-order valence-electron chi connectivity index (χ3n) is 2.61. The normalized spacial score (nSPS) is 12.1. The van der Waals surface area contributed by atoms with Gasteiger partial charge in [0.1, 0.15) is 5.69 Å². The van der Waals surface area contributed by atoms with Gasteiger partial charge in [-0.3, -0.25) is 4.68 Å². The molecule has 2 aromatic heterocycles. The van der Waals surface area contributed by atoms with Gasteiger partial charge in [-0.15, -0.1) is 0 Å². The van der Waals surface area contributed by atoms with Crippen LogP contribution in [0.2, 0.25) is 0 Å². The van der Waals surface area contributed by atoms with Gasteiger partial charge in [0, 0.05) is 18.8 Å². The molecular formula is C11H12F2N4O2S. The van der Waals surface area contributed by atoms with E-state index in [2.05, 4.69) is 15.1 Å². The molecule has 0 N–H and O–H groups in total. The Morgan fingerprint density at radius 3 is 2.55 bits per heavy atom. The van der Waals surface area contributed by atoms with E-state index in [1.807, 2.05) is 0 Å². The van der Waals surface area contributed by atoms with Crippen LogP contribution < -0.4 is 0 Å². The maximum Gasteiger partial charge on any atom is 0.280 e. The standard InChI is InChI=1S/C11H12F2N4O2S/c1-3-20(18,19)11-15-8(4-9(16-11)10(12)13)7-5-14-17(2)6-7/h4-6,10H,3H2,1-2H3. The number of hydrogen-bond acceptors (Lipinski definition) is 5. The highest BCUT2D eigenvalue weighted by atomic mass is 32.2. The maximum absolute atomic E-state index is 12.8. The first-order valence-electron chi connectivity index (χ1n) is 5.72. The summed E-state index contributed by atoms with van der Waals surface area (Å²) in [6.07, 6.45) is 0.0964. The van der Waals surface area contributed by atoms with Gasteiger partial charge in [-0.05, 0) is 6.07 Å². The zero-order valence-electron chi connectivity index (χ0n) is 10.8. The first-order chi connectivity index (χ1) is 9.33. The van der Waals surface area contributed by atoms with E-state index in [0.717, 1.165) is 6.07 Å². The number of aryl methyl sites for hydroxylation is 1. The van der Waals surface area contributed by atoms with Crippen LogP contribution in [-0.4, -0.2) is 33.9 Å². The highest BCUT2D eigenvalue weighted by Gasteiger charge is 2.21. The van der Waals surface area contributed by atoms with E-state index < -0.39 is 27.1 Å². The molecule has 20 heavy (non-hydrogen) atoms. The number of nitrogens with zero attached hydrogens (tertiary/aromatic N) is 4. The molecule has 0 bridgehead atoms. The monoisotopic (exact) mass is 302 g/mol. The van der Waals surface area contributed by atoms with Crippen LogP contribution in [0.25, 0.3) is 11.3 Å². The van der Waals surface area contributed by atoms with Crippen molar-refractivity contribution < 1.29 is 17.2 Å². The summed E-state index contributed by atoms with van der Waals surface area (Å²) in [4.78, 5) is 7.29. The molecule has 0 aliphatic carbocycles. The fraction of sp³-hybridized carbons (Fsp3) is 0.364. The number of rotatable bonds is 4. The van der Waals surface area contributed by atoms with Gasteiger partial charge in [-0.1, -0.05) is 6.92 Å². The lowest BCUT2D eigenvalue weighted by Crippen LogP contribution is -2.11. The van der Waals surface area contributed by atoms with E-state index in [9.17, 15) is 17.2 Å². The molecule has 2 heterocycles. The molecule has 0 saturated carbocycles. The Kier molecular flexibility index (Phi) is 3.80. The predicted molar refractivity (Wildman–Crippen MR) is 66.9 cm³/mol. The number of hydrogen-bond donors (Lipinski definition) is 0. The van der Waals surface area contributed by atoms with Gasteiger partial charge in [0.25, 0.3) is 6.43 Å². The number of sulfone groups is 1. The number of halogens is 2. The Morgan fingerprint density at radius 1 is 1.35 bits per heavy atom. The molecular weight excluding hydrogens is 290 g/mol. The summed E-state index contributed by atoms with van der Waals surface area (Å²) in [6, 6.07) is 1.07. The van der Waals surface area contributed by atoms with Crippen LogP contribution in [0.1, 0.15) is 19.0 Å². The quantitative estimate of drug-likeness (QED) is 0.802. The molecule has 0 radical (unpaired) electrons. The summed E-state index contributed by atoms with van der Waals surface area (Å²) in [7, 11) is -2.11. The summed E-state index contributed by atoms with van der Waals surface area (Å²) >= 11 is 0. The summed E-state index contributed by atoms with van der Waals surface area (Å²) in [5.74, 6) is -0.258. The minimum Gasteiger partial charge on any atom is -0.275 e. The first-order valence-corrected chi connectivity index (χ1v) is 7.37. The Morgan fingerprint density at radius 2 is 2.05 bits per heavy atom. The SMILES string of the molecule is CCS(=O)(=O)c1nc(-c2cnn(C)c2)cc(C(F)F)n1. The van der Waals surface area contributed by atoms with E-state index in [-0.39, 0.29) is 11.4 Å². The summed E-state index contributed by atoms with van der Waals surface area (Å²) in [6.45, 7) is 1.40. The molecule has 108 valence electrons. The van der Waals surface area contributed by atoms with Crippen molar-refractivity contribution in [3.05, 3.63) is 24.2 Å². The van der Waals surface area contributed by atoms with Crippen molar-refractivity contribution in [3.8, 4) is 11.3 Å². The van der Waals surface area contributed by atoms with Crippen LogP contribution in [0.5, 0.6) is 0 Å². The molecule has 0 aliphatic heterocycles. The van der Waals surface area contributed by atoms with E-state index in [4.69, 9.17) is 0 Å². The van der Waals surface area contributed by atoms with Crippen molar-refractivity contribution in [2.45, 2.75) is 18.5 Å². The molecule has 9 heteroatoms. The molecule has 0 spiro atoms. The zero-order chi connectivity index (χ0) is 14.9. The summed E-state index contributed by atoms with van der Waals surface area (Å²) in [5.41, 5.74) is -0.0642. The van der Waals surface area contributed by atoms with Crippen LogP contribution in [0.3, 0.4) is 0 Å². The van der Waals surface area contributed by atoms with E-state index in [0.29, 0.717) is 5.56 Å². The molecule has 0 aliphatic rings. The summed E-state index contributed by atoms with van der Waals surface area (Å²) in [5, 5.41) is 3.31. The topological polar surface area (TPSA) is 77.7 Å². The van der Waals surface area contributed by atoms with Gasteiger partial charge in [-0.25, -0.2) is 27.2 Å². The largest absolute Gasteiger partial charge is 0.280 e. The fourth-order valence-corrected chi connectivity index (χ4v) is 2.26. The van der Waals surface area contributed by atoms with Gasteiger partial charge in [0.2, 0.25) is 15.0 Å². The van der Waals surface area contributed by atoms with Crippen molar-refractivity contribution in [2.24, 2.45) is 7.05 Å². The number of alkyl halides is 2. The van der Waals surface area contributed by atoms with Crippen LogP contribution in [-0.2, 0) is 16.9 Å². The molecule has 0 atom stereocenters. The molecule has 2 rings (SSSR count). The third kappa shape index (κ3) is 2.82. The van der Waals surface area contributed by atoms with E-state index >= 15 is 0 Å². The first kappa shape index (κ1) is 14.5. The Balaban J connectivity index is 2.64. The smallest absolute Gasteiger partial charge is 0.275 e. The molecule has 2 aromatic rings. The minimum atomic E-state index is -3.76. The van der Waals surface area contributed by atoms with E-state index in [1.165, 1.54) is 17.8 Å². The minimum absolute atomic E-state index is 0.107. The molecule has 0 saturated heterocycles. The fourth-order valence-electron chi connectivity index (χ4n) is 1.52. The Labute approximate surface area is 114 Å². The van der Waals surface area contributed by atoms with Gasteiger partial charge < -0.3 is 0 Å². The van der Waals surface area contributed by atoms with Crippen LogP contribution in [0, 0.1) is 0 Å². The van der Waals surface area contributed by atoms with Crippen molar-refractivity contribution in [2.75, 3.05) is 5.75 Å². The van der Waals surface area contributed by atoms with Gasteiger partial charge in [0.05, 0.1) is 17.6 Å². The zero-order valence-corrected chi connectivity index (χ0v) is 11.6. The Hall–Kier alpha value is -1.90. The second-order valence-corrected chi connectivity index (χ2v) is 6.24. The lowest BCUT2D eigenvalue weighted by molar-refractivity contribution is 0.145.